The quantitative estimate of drug-likeness (QED) is 0.133. The Morgan fingerprint density at radius 3 is 2.71 bits per heavy atom. The van der Waals surface area contributed by atoms with E-state index in [0.717, 1.165) is 28.1 Å². The highest BCUT2D eigenvalue weighted by Crippen LogP contribution is 2.45. The predicted octanol–water partition coefficient (Wildman–Crippen LogP) is 4.64. The van der Waals surface area contributed by atoms with Crippen LogP contribution in [0.3, 0.4) is 0 Å². The minimum atomic E-state index is -0.733. The zero-order valence-corrected chi connectivity index (χ0v) is 25.4. The molecule has 4 aromatic rings. The van der Waals surface area contributed by atoms with E-state index in [-0.39, 0.29) is 36.5 Å². The average Bonchev–Trinajstić information content (AvgIpc) is 3.74. The summed E-state index contributed by atoms with van der Waals surface area (Å²) in [5.74, 6) is -0.464. The van der Waals surface area contributed by atoms with Gasteiger partial charge < -0.3 is 20.6 Å². The number of carbonyl (C=O) groups is 3. The van der Waals surface area contributed by atoms with Crippen LogP contribution < -0.4 is 15.5 Å². The van der Waals surface area contributed by atoms with Crippen LogP contribution in [0.1, 0.15) is 33.4 Å². The van der Waals surface area contributed by atoms with Gasteiger partial charge in [0.2, 0.25) is 0 Å². The fourth-order valence-corrected chi connectivity index (χ4v) is 7.06. The van der Waals surface area contributed by atoms with Crippen LogP contribution in [-0.4, -0.2) is 70.3 Å². The molecule has 0 saturated heterocycles. The molecule has 1 unspecified atom stereocenters. The molecule has 5 rings (SSSR count). The number of fused-ring (bicyclic) bond motifs is 3. The van der Waals surface area contributed by atoms with Crippen molar-refractivity contribution in [2.24, 2.45) is 0 Å². The second-order valence-electron chi connectivity index (χ2n) is 9.41. The molecule has 214 valence electrons. The molecule has 41 heavy (non-hydrogen) atoms. The molecule has 2 aromatic heterocycles. The van der Waals surface area contributed by atoms with Crippen LogP contribution in [0.15, 0.2) is 41.1 Å². The van der Waals surface area contributed by atoms with Crippen molar-refractivity contribution in [3.8, 4) is 16.5 Å². The number of carbonyl (C=O) groups excluding carboxylic acids is 3. The molecule has 1 aliphatic rings. The summed E-state index contributed by atoms with van der Waals surface area (Å²) in [6.45, 7) is 1.10. The largest absolute Gasteiger partial charge is 0.507 e. The third kappa shape index (κ3) is 6.35. The minimum absolute atomic E-state index is 0.0477. The van der Waals surface area contributed by atoms with Crippen LogP contribution in [0, 0.1) is 0 Å². The summed E-state index contributed by atoms with van der Waals surface area (Å²) in [5, 5.41) is 22.7. The molecule has 3 heterocycles. The molecule has 0 spiro atoms. The maximum absolute atomic E-state index is 13.1. The highest BCUT2D eigenvalue weighted by Gasteiger charge is 2.36. The Morgan fingerprint density at radius 1 is 1.12 bits per heavy atom. The Hall–Kier alpha value is -3.19. The molecule has 1 atom stereocenters. The van der Waals surface area contributed by atoms with Crippen molar-refractivity contribution >= 4 is 80.2 Å². The lowest BCUT2D eigenvalue weighted by atomic mass is 9.95. The lowest BCUT2D eigenvalue weighted by molar-refractivity contribution is -0.137. The van der Waals surface area contributed by atoms with E-state index in [4.69, 9.17) is 11.6 Å². The SMILES string of the molecule is CSCCCNC(=O)c1csc(-c2csc(CCNC(=O)C(=O)N3CC(CCl)c4c3cc(O)c3ccccc43)n2)n1. The number of thioether (sulfide) groups is 1. The van der Waals surface area contributed by atoms with Crippen LogP contribution >= 0.6 is 46.0 Å². The monoisotopic (exact) mass is 629 g/mol. The molecule has 13 heteroatoms. The van der Waals surface area contributed by atoms with E-state index >= 15 is 0 Å². The highest BCUT2D eigenvalue weighted by atomic mass is 35.5. The van der Waals surface area contributed by atoms with Crippen LogP contribution in [0.4, 0.5) is 5.69 Å². The molecule has 0 aliphatic carbocycles. The van der Waals surface area contributed by atoms with Crippen LogP contribution in [0.25, 0.3) is 21.5 Å². The Balaban J connectivity index is 1.18. The number of phenolic OH excluding ortho intramolecular Hbond substituents is 1. The number of hydrogen-bond acceptors (Lipinski definition) is 9. The normalized spacial score (nSPS) is 14.3. The number of anilines is 1. The number of benzene rings is 2. The molecule has 3 amide bonds. The van der Waals surface area contributed by atoms with Crippen LogP contribution in [0.5, 0.6) is 5.75 Å². The number of aromatic nitrogens is 2. The first-order valence-electron chi connectivity index (χ1n) is 13.0. The molecule has 2 aromatic carbocycles. The first kappa shape index (κ1) is 29.3. The Morgan fingerprint density at radius 2 is 1.93 bits per heavy atom. The van der Waals surface area contributed by atoms with Crippen molar-refractivity contribution in [3.63, 3.8) is 0 Å². The molecule has 3 N–H and O–H groups in total. The molecule has 0 saturated carbocycles. The number of halogens is 1. The van der Waals surface area contributed by atoms with Gasteiger partial charge in [0.25, 0.3) is 5.91 Å². The van der Waals surface area contributed by atoms with Crippen molar-refractivity contribution in [3.05, 3.63) is 57.4 Å². The molecular formula is C28H28ClN5O4S3. The third-order valence-corrected chi connectivity index (χ3v) is 9.56. The van der Waals surface area contributed by atoms with E-state index in [1.54, 1.807) is 17.1 Å². The summed E-state index contributed by atoms with van der Waals surface area (Å²) in [6.07, 6.45) is 3.37. The van der Waals surface area contributed by atoms with Gasteiger partial charge >= 0.3 is 11.8 Å². The third-order valence-electron chi connectivity index (χ3n) is 6.71. The van der Waals surface area contributed by atoms with Gasteiger partial charge in [0.1, 0.15) is 22.1 Å². The smallest absolute Gasteiger partial charge is 0.316 e. The van der Waals surface area contributed by atoms with Crippen molar-refractivity contribution in [1.29, 1.82) is 0 Å². The first-order chi connectivity index (χ1) is 19.9. The standard InChI is InChI=1S/C28H28ClN5O4S3/c1-39-10-4-8-30-25(36)19-14-41-27(33-19)20-15-40-23(32-20)7-9-31-26(37)28(38)34-13-16(12-29)24-18-6-3-2-5-17(18)22(35)11-21(24)34/h2-3,5-6,11,14-16,35H,4,7-10,12-13H2,1H3,(H,30,36)(H,31,37). The molecule has 9 nitrogen and oxygen atoms in total. The van der Waals surface area contributed by atoms with Crippen molar-refractivity contribution in [1.82, 2.24) is 20.6 Å². The topological polar surface area (TPSA) is 125 Å². The maximum Gasteiger partial charge on any atom is 0.316 e. The van der Waals surface area contributed by atoms with E-state index in [0.29, 0.717) is 40.4 Å². The van der Waals surface area contributed by atoms with Gasteiger partial charge in [0.05, 0.1) is 10.7 Å². The number of thiazole rings is 2. The maximum atomic E-state index is 13.1. The summed E-state index contributed by atoms with van der Waals surface area (Å²) in [7, 11) is 0. The second-order valence-corrected chi connectivity index (χ2v) is 12.5. The van der Waals surface area contributed by atoms with Crippen molar-refractivity contribution in [2.45, 2.75) is 18.8 Å². The highest BCUT2D eigenvalue weighted by molar-refractivity contribution is 7.98. The number of alkyl halides is 1. The zero-order chi connectivity index (χ0) is 28.9. The summed E-state index contributed by atoms with van der Waals surface area (Å²) < 4.78 is 0. The van der Waals surface area contributed by atoms with E-state index in [1.807, 2.05) is 35.9 Å². The Kier molecular flexibility index (Phi) is 9.43. The molecular weight excluding hydrogens is 602 g/mol. The van der Waals surface area contributed by atoms with Gasteiger partial charge in [0, 0.05) is 60.1 Å². The number of amides is 3. The zero-order valence-electron chi connectivity index (χ0n) is 22.2. The summed E-state index contributed by atoms with van der Waals surface area (Å²) in [4.78, 5) is 48.7. The Bertz CT molecular complexity index is 1590. The van der Waals surface area contributed by atoms with E-state index in [9.17, 15) is 19.5 Å². The van der Waals surface area contributed by atoms with Crippen molar-refractivity contribution in [2.75, 3.05) is 42.4 Å². The first-order valence-corrected chi connectivity index (χ1v) is 16.7. The van der Waals surface area contributed by atoms with Gasteiger partial charge in [-0.05, 0) is 29.4 Å². The lowest BCUT2D eigenvalue weighted by Crippen LogP contribution is -2.43. The van der Waals surface area contributed by atoms with Crippen LogP contribution in [-0.2, 0) is 16.0 Å². The van der Waals surface area contributed by atoms with Crippen LogP contribution in [0.2, 0.25) is 0 Å². The molecule has 0 radical (unpaired) electrons. The number of nitrogens with zero attached hydrogens (tertiary/aromatic N) is 3. The lowest BCUT2D eigenvalue weighted by Gasteiger charge is -2.17. The van der Waals surface area contributed by atoms with Gasteiger partial charge in [-0.15, -0.1) is 34.3 Å². The van der Waals surface area contributed by atoms with Gasteiger partial charge in [0.15, 0.2) is 0 Å². The van der Waals surface area contributed by atoms with Gasteiger partial charge in [-0.2, -0.15) is 11.8 Å². The number of aromatic hydroxyl groups is 1. The molecule has 0 fully saturated rings. The van der Waals surface area contributed by atoms with E-state index < -0.39 is 11.8 Å². The average molecular weight is 630 g/mol. The second kappa shape index (κ2) is 13.2. The van der Waals surface area contributed by atoms with Gasteiger partial charge in [-0.25, -0.2) is 9.97 Å². The number of rotatable bonds is 10. The summed E-state index contributed by atoms with van der Waals surface area (Å²) in [6, 6.07) is 8.94. The minimum Gasteiger partial charge on any atom is -0.507 e. The fourth-order valence-electron chi connectivity index (χ4n) is 4.75. The predicted molar refractivity (Wildman–Crippen MR) is 167 cm³/mol. The number of nitrogens with one attached hydrogen (secondary N) is 2. The van der Waals surface area contributed by atoms with E-state index in [2.05, 4.69) is 20.6 Å². The molecule has 0 bridgehead atoms. The fraction of sp³-hybridized carbons (Fsp3) is 0.321. The summed E-state index contributed by atoms with van der Waals surface area (Å²) in [5.41, 5.74) is 2.42. The summed E-state index contributed by atoms with van der Waals surface area (Å²) >= 11 is 10.8. The Labute approximate surface area is 254 Å². The number of phenols is 1. The van der Waals surface area contributed by atoms with E-state index in [1.165, 1.54) is 33.6 Å². The van der Waals surface area contributed by atoms with Crippen molar-refractivity contribution < 1.29 is 19.5 Å². The number of hydrogen-bond donors (Lipinski definition) is 3. The van der Waals surface area contributed by atoms with Gasteiger partial charge in [-0.1, -0.05) is 24.3 Å². The molecule has 1 aliphatic heterocycles. The van der Waals surface area contributed by atoms with Gasteiger partial charge in [-0.3, -0.25) is 14.4 Å².